The van der Waals surface area contributed by atoms with Gasteiger partial charge in [-0.15, -0.1) is 0 Å². The van der Waals surface area contributed by atoms with Gasteiger partial charge in [-0.05, 0) is 18.2 Å². The number of aldehydes is 1. The predicted molar refractivity (Wildman–Crippen MR) is 47.3 cm³/mol. The van der Waals surface area contributed by atoms with Gasteiger partial charge in [0, 0.05) is 5.56 Å². The number of nitrogens with zero attached hydrogens (tertiary/aromatic N) is 1. The predicted octanol–water partition coefficient (Wildman–Crippen LogP) is 2.29. The number of hydrogen-bond donors (Lipinski definition) is 0. The molecule has 0 saturated carbocycles. The molecule has 2 rings (SSSR count). The van der Waals surface area contributed by atoms with Gasteiger partial charge < -0.3 is 4.42 Å². The lowest BCUT2D eigenvalue weighted by Crippen LogP contribution is -1.88. The van der Waals surface area contributed by atoms with Gasteiger partial charge in [0.15, 0.2) is 6.29 Å². The van der Waals surface area contributed by atoms with E-state index in [0.29, 0.717) is 17.4 Å². The molecule has 0 N–H and O–H groups in total. The second-order valence-electron chi connectivity index (χ2n) is 2.69. The van der Waals surface area contributed by atoms with Crippen molar-refractivity contribution in [2.45, 2.75) is 0 Å². The van der Waals surface area contributed by atoms with Crippen molar-refractivity contribution in [3.8, 4) is 11.5 Å². The molecule has 1 heterocycles. The van der Waals surface area contributed by atoms with Crippen LogP contribution in [0, 0.1) is 5.82 Å². The van der Waals surface area contributed by atoms with Gasteiger partial charge in [-0.2, -0.15) is 0 Å². The number of oxazole rings is 1. The van der Waals surface area contributed by atoms with E-state index in [0.717, 1.165) is 0 Å². The summed E-state index contributed by atoms with van der Waals surface area (Å²) in [5.74, 6) is -0.185. The molecule has 3 nitrogen and oxygen atoms in total. The van der Waals surface area contributed by atoms with Crippen molar-refractivity contribution in [2.24, 2.45) is 0 Å². The molecular weight excluding hydrogens is 185 g/mol. The van der Waals surface area contributed by atoms with Crippen LogP contribution in [-0.2, 0) is 0 Å². The second kappa shape index (κ2) is 3.41. The normalized spacial score (nSPS) is 10.1. The first-order valence-corrected chi connectivity index (χ1v) is 3.96. The first-order valence-electron chi connectivity index (χ1n) is 3.96. The van der Waals surface area contributed by atoms with Gasteiger partial charge in [0.25, 0.3) is 0 Å². The summed E-state index contributed by atoms with van der Waals surface area (Å²) < 4.78 is 17.9. The minimum atomic E-state index is -0.427. The summed E-state index contributed by atoms with van der Waals surface area (Å²) in [5, 5.41) is 0. The van der Waals surface area contributed by atoms with Crippen LogP contribution in [0.1, 0.15) is 10.4 Å². The van der Waals surface area contributed by atoms with Crippen molar-refractivity contribution in [1.29, 1.82) is 0 Å². The minimum Gasteiger partial charge on any atom is -0.445 e. The van der Waals surface area contributed by atoms with Crippen molar-refractivity contribution in [1.82, 2.24) is 4.98 Å². The van der Waals surface area contributed by atoms with Gasteiger partial charge in [-0.1, -0.05) is 0 Å². The minimum absolute atomic E-state index is 0.242. The van der Waals surface area contributed by atoms with E-state index in [2.05, 4.69) is 4.98 Å². The summed E-state index contributed by atoms with van der Waals surface area (Å²) in [7, 11) is 0. The van der Waals surface area contributed by atoms with E-state index in [1.807, 2.05) is 0 Å². The molecule has 0 aliphatic carbocycles. The molecule has 2 aromatic rings. The third-order valence-corrected chi connectivity index (χ3v) is 1.81. The van der Waals surface area contributed by atoms with Gasteiger partial charge in [0.2, 0.25) is 5.89 Å². The van der Waals surface area contributed by atoms with Gasteiger partial charge in [0.1, 0.15) is 12.1 Å². The molecule has 0 fully saturated rings. The Hall–Kier alpha value is -1.97. The molecule has 0 aliphatic heterocycles. The average molecular weight is 191 g/mol. The highest BCUT2D eigenvalue weighted by molar-refractivity contribution is 5.85. The molecule has 0 saturated heterocycles. The highest BCUT2D eigenvalue weighted by Gasteiger charge is 2.09. The Kier molecular flexibility index (Phi) is 2.10. The standard InChI is InChI=1S/C10H6FNO2/c11-8-2-1-7(6-13)9(5-8)10-12-3-4-14-10/h1-6H. The molecular formula is C10H6FNO2. The largest absolute Gasteiger partial charge is 0.445 e. The topological polar surface area (TPSA) is 43.1 Å². The molecule has 0 aliphatic rings. The summed E-state index contributed by atoms with van der Waals surface area (Å²) in [5.41, 5.74) is 0.721. The lowest BCUT2D eigenvalue weighted by molar-refractivity contribution is 0.112. The average Bonchev–Trinajstić information content (AvgIpc) is 2.70. The highest BCUT2D eigenvalue weighted by atomic mass is 19.1. The molecule has 1 aromatic heterocycles. The molecule has 70 valence electrons. The van der Waals surface area contributed by atoms with Crippen LogP contribution in [0.4, 0.5) is 4.39 Å². The van der Waals surface area contributed by atoms with Crippen molar-refractivity contribution in [3.05, 3.63) is 42.0 Å². The maximum atomic E-state index is 12.9. The zero-order valence-corrected chi connectivity index (χ0v) is 7.11. The Labute approximate surface area is 79.2 Å². The molecule has 0 amide bonds. The van der Waals surface area contributed by atoms with Gasteiger partial charge in [0.05, 0.1) is 11.8 Å². The zero-order valence-electron chi connectivity index (χ0n) is 7.11. The van der Waals surface area contributed by atoms with Gasteiger partial charge >= 0.3 is 0 Å². The van der Waals surface area contributed by atoms with E-state index in [4.69, 9.17) is 4.42 Å². The lowest BCUT2D eigenvalue weighted by atomic mass is 10.1. The summed E-state index contributed by atoms with van der Waals surface area (Å²) in [6.45, 7) is 0. The first-order chi connectivity index (χ1) is 6.81. The Morgan fingerprint density at radius 3 is 2.93 bits per heavy atom. The lowest BCUT2D eigenvalue weighted by Gasteiger charge is -1.99. The van der Waals surface area contributed by atoms with Gasteiger partial charge in [-0.3, -0.25) is 4.79 Å². The smallest absolute Gasteiger partial charge is 0.226 e. The van der Waals surface area contributed by atoms with Crippen LogP contribution in [0.2, 0.25) is 0 Å². The van der Waals surface area contributed by atoms with Crippen LogP contribution >= 0.6 is 0 Å². The van der Waals surface area contributed by atoms with E-state index in [-0.39, 0.29) is 5.89 Å². The van der Waals surface area contributed by atoms with E-state index >= 15 is 0 Å². The number of benzene rings is 1. The molecule has 1 aromatic carbocycles. The van der Waals surface area contributed by atoms with E-state index in [9.17, 15) is 9.18 Å². The second-order valence-corrected chi connectivity index (χ2v) is 2.69. The number of aromatic nitrogens is 1. The van der Waals surface area contributed by atoms with E-state index in [1.165, 1.54) is 30.7 Å². The number of carbonyl (C=O) groups excluding carboxylic acids is 1. The fraction of sp³-hybridized carbons (Fsp3) is 0. The third-order valence-electron chi connectivity index (χ3n) is 1.81. The van der Waals surface area contributed by atoms with Crippen LogP contribution in [0.15, 0.2) is 35.1 Å². The summed E-state index contributed by atoms with van der Waals surface area (Å²) >= 11 is 0. The maximum absolute atomic E-state index is 12.9. The Balaban J connectivity index is 2.61. The fourth-order valence-electron chi connectivity index (χ4n) is 1.17. The summed E-state index contributed by atoms with van der Waals surface area (Å²) in [6.07, 6.45) is 3.45. The molecule has 0 bridgehead atoms. The van der Waals surface area contributed by atoms with Crippen molar-refractivity contribution in [3.63, 3.8) is 0 Å². The highest BCUT2D eigenvalue weighted by Crippen LogP contribution is 2.21. The summed E-state index contributed by atoms with van der Waals surface area (Å²) in [6, 6.07) is 3.83. The van der Waals surface area contributed by atoms with Crippen molar-refractivity contribution in [2.75, 3.05) is 0 Å². The first kappa shape index (κ1) is 8.62. The SMILES string of the molecule is O=Cc1ccc(F)cc1-c1ncco1. The zero-order chi connectivity index (χ0) is 9.97. The fourth-order valence-corrected chi connectivity index (χ4v) is 1.17. The number of carbonyl (C=O) groups is 1. The molecule has 14 heavy (non-hydrogen) atoms. The third kappa shape index (κ3) is 1.42. The van der Waals surface area contributed by atoms with E-state index in [1.54, 1.807) is 0 Å². The van der Waals surface area contributed by atoms with Crippen molar-refractivity contribution >= 4 is 6.29 Å². The van der Waals surface area contributed by atoms with Gasteiger partial charge in [-0.25, -0.2) is 9.37 Å². The van der Waals surface area contributed by atoms with Crippen LogP contribution in [0.5, 0.6) is 0 Å². The number of hydrogen-bond acceptors (Lipinski definition) is 3. The Morgan fingerprint density at radius 2 is 2.29 bits per heavy atom. The quantitative estimate of drug-likeness (QED) is 0.684. The Bertz CT molecular complexity index is 451. The Morgan fingerprint density at radius 1 is 1.43 bits per heavy atom. The maximum Gasteiger partial charge on any atom is 0.226 e. The molecule has 4 heteroatoms. The van der Waals surface area contributed by atoms with Crippen LogP contribution in [-0.4, -0.2) is 11.3 Å². The van der Waals surface area contributed by atoms with Crippen LogP contribution in [0.3, 0.4) is 0 Å². The summed E-state index contributed by atoms with van der Waals surface area (Å²) in [4.78, 5) is 14.5. The number of halogens is 1. The monoisotopic (exact) mass is 191 g/mol. The van der Waals surface area contributed by atoms with Crippen LogP contribution in [0.25, 0.3) is 11.5 Å². The molecule has 0 spiro atoms. The molecule has 0 atom stereocenters. The van der Waals surface area contributed by atoms with E-state index < -0.39 is 5.82 Å². The number of rotatable bonds is 2. The molecule has 0 unspecified atom stereocenters. The van der Waals surface area contributed by atoms with Crippen LogP contribution < -0.4 is 0 Å². The molecule has 0 radical (unpaired) electrons. The van der Waals surface area contributed by atoms with Crippen molar-refractivity contribution < 1.29 is 13.6 Å².